The van der Waals surface area contributed by atoms with Gasteiger partial charge in [-0.25, -0.2) is 0 Å². The first-order valence-electron chi connectivity index (χ1n) is 4.51. The second-order valence-corrected chi connectivity index (χ2v) is 3.16. The van der Waals surface area contributed by atoms with Crippen LogP contribution in [0.25, 0.3) is 0 Å². The number of nitrogens with two attached hydrogens (primary N) is 2. The molecule has 0 bridgehead atoms. The lowest BCUT2D eigenvalue weighted by Gasteiger charge is -2.11. The number of phenolic OH excluding ortho intramolecular Hbond substituents is 1. The Bertz CT molecular complexity index is 366. The third-order valence-electron chi connectivity index (χ3n) is 1.92. The summed E-state index contributed by atoms with van der Waals surface area (Å²) in [5.74, 6) is -0.483. The van der Waals surface area contributed by atoms with Crippen molar-refractivity contribution in [3.05, 3.63) is 23.8 Å². The molecule has 1 rings (SSSR count). The molecule has 1 aromatic carbocycles. The third kappa shape index (κ3) is 2.93. The molecule has 5 nitrogen and oxygen atoms in total. The molecule has 1 atom stereocenters. The number of benzene rings is 1. The van der Waals surface area contributed by atoms with Gasteiger partial charge in [-0.2, -0.15) is 0 Å². The van der Waals surface area contributed by atoms with Crippen LogP contribution in [0.4, 0.5) is 0 Å². The standard InChI is InChI=1S/C10H14N2O3/c1-6(13)15-10-3-2-7(4-9(10)14)8(12)5-11/h2-4,8,14H,5,11-12H2,1H3/t8-/m1/s1. The predicted molar refractivity (Wildman–Crippen MR) is 55.4 cm³/mol. The van der Waals surface area contributed by atoms with E-state index >= 15 is 0 Å². The Balaban J connectivity index is 2.92. The predicted octanol–water partition coefficient (Wildman–Crippen LogP) is 0.276. The van der Waals surface area contributed by atoms with Crippen LogP contribution in [0.15, 0.2) is 18.2 Å². The molecule has 0 fully saturated rings. The highest BCUT2D eigenvalue weighted by molar-refractivity contribution is 5.70. The SMILES string of the molecule is CC(=O)Oc1ccc([C@H](N)CN)cc1O. The lowest BCUT2D eigenvalue weighted by Crippen LogP contribution is -2.20. The summed E-state index contributed by atoms with van der Waals surface area (Å²) in [6.07, 6.45) is 0. The minimum absolute atomic E-state index is 0.119. The molecule has 0 aliphatic heterocycles. The van der Waals surface area contributed by atoms with Gasteiger partial charge in [-0.05, 0) is 17.7 Å². The summed E-state index contributed by atoms with van der Waals surface area (Å²) in [4.78, 5) is 10.7. The van der Waals surface area contributed by atoms with E-state index < -0.39 is 5.97 Å². The van der Waals surface area contributed by atoms with Gasteiger partial charge in [0.05, 0.1) is 0 Å². The van der Waals surface area contributed by atoms with Crippen molar-refractivity contribution >= 4 is 5.97 Å². The van der Waals surface area contributed by atoms with Crippen LogP contribution in [0.2, 0.25) is 0 Å². The Morgan fingerprint density at radius 2 is 2.27 bits per heavy atom. The largest absolute Gasteiger partial charge is 0.504 e. The zero-order valence-electron chi connectivity index (χ0n) is 8.43. The van der Waals surface area contributed by atoms with Crippen LogP contribution < -0.4 is 16.2 Å². The molecule has 0 spiro atoms. The molecular weight excluding hydrogens is 196 g/mol. The minimum Gasteiger partial charge on any atom is -0.504 e. The molecule has 0 radical (unpaired) electrons. The van der Waals surface area contributed by atoms with Crippen molar-refractivity contribution in [2.75, 3.05) is 6.54 Å². The van der Waals surface area contributed by atoms with Gasteiger partial charge in [0.15, 0.2) is 11.5 Å². The highest BCUT2D eigenvalue weighted by atomic mass is 16.5. The number of carbonyl (C=O) groups excluding carboxylic acids is 1. The maximum Gasteiger partial charge on any atom is 0.308 e. The van der Waals surface area contributed by atoms with E-state index in [9.17, 15) is 9.90 Å². The van der Waals surface area contributed by atoms with E-state index in [0.717, 1.165) is 0 Å². The van der Waals surface area contributed by atoms with Crippen molar-refractivity contribution < 1.29 is 14.6 Å². The fourth-order valence-corrected chi connectivity index (χ4v) is 1.14. The minimum atomic E-state index is -0.485. The number of hydrogen-bond donors (Lipinski definition) is 3. The first kappa shape index (κ1) is 11.5. The van der Waals surface area contributed by atoms with E-state index in [4.69, 9.17) is 16.2 Å². The number of carbonyl (C=O) groups is 1. The van der Waals surface area contributed by atoms with Gasteiger partial charge in [-0.15, -0.1) is 0 Å². The highest BCUT2D eigenvalue weighted by Crippen LogP contribution is 2.28. The smallest absolute Gasteiger partial charge is 0.308 e. The molecule has 5 heteroatoms. The summed E-state index contributed by atoms with van der Waals surface area (Å²) in [5.41, 5.74) is 11.8. The highest BCUT2D eigenvalue weighted by Gasteiger charge is 2.09. The summed E-state index contributed by atoms with van der Waals surface area (Å²) in [5, 5.41) is 9.51. The van der Waals surface area contributed by atoms with Crippen LogP contribution in [0.5, 0.6) is 11.5 Å². The van der Waals surface area contributed by atoms with Gasteiger partial charge < -0.3 is 21.3 Å². The first-order valence-corrected chi connectivity index (χ1v) is 4.51. The second-order valence-electron chi connectivity index (χ2n) is 3.16. The van der Waals surface area contributed by atoms with Gasteiger partial charge >= 0.3 is 5.97 Å². The number of aromatic hydroxyl groups is 1. The molecule has 15 heavy (non-hydrogen) atoms. The Labute approximate surface area is 87.6 Å². The fourth-order valence-electron chi connectivity index (χ4n) is 1.14. The van der Waals surface area contributed by atoms with Crippen molar-refractivity contribution in [2.24, 2.45) is 11.5 Å². The zero-order valence-corrected chi connectivity index (χ0v) is 8.43. The van der Waals surface area contributed by atoms with E-state index in [1.807, 2.05) is 0 Å². The van der Waals surface area contributed by atoms with Gasteiger partial charge in [-0.1, -0.05) is 6.07 Å². The maximum atomic E-state index is 10.7. The van der Waals surface area contributed by atoms with Crippen LogP contribution in [0, 0.1) is 0 Å². The van der Waals surface area contributed by atoms with Crippen LogP contribution in [0.1, 0.15) is 18.5 Å². The van der Waals surface area contributed by atoms with Crippen molar-refractivity contribution in [1.82, 2.24) is 0 Å². The maximum absolute atomic E-state index is 10.7. The van der Waals surface area contributed by atoms with Crippen LogP contribution in [-0.4, -0.2) is 17.6 Å². The van der Waals surface area contributed by atoms with E-state index in [1.54, 1.807) is 6.07 Å². The molecule has 1 aromatic rings. The summed E-state index contributed by atoms with van der Waals surface area (Å²) in [6, 6.07) is 4.26. The average Bonchev–Trinajstić information content (AvgIpc) is 2.19. The second kappa shape index (κ2) is 4.77. The molecule has 0 aliphatic carbocycles. The molecule has 0 aliphatic rings. The van der Waals surface area contributed by atoms with Gasteiger partial charge in [0.1, 0.15) is 0 Å². The third-order valence-corrected chi connectivity index (χ3v) is 1.92. The fraction of sp³-hybridized carbons (Fsp3) is 0.300. The topological polar surface area (TPSA) is 98.6 Å². The average molecular weight is 210 g/mol. The Morgan fingerprint density at radius 1 is 1.60 bits per heavy atom. The molecule has 0 saturated heterocycles. The quantitative estimate of drug-likeness (QED) is 0.491. The van der Waals surface area contributed by atoms with Gasteiger partial charge in [0, 0.05) is 19.5 Å². The van der Waals surface area contributed by atoms with E-state index in [-0.39, 0.29) is 24.1 Å². The zero-order chi connectivity index (χ0) is 11.4. The lowest BCUT2D eigenvalue weighted by molar-refractivity contribution is -0.132. The summed E-state index contributed by atoms with van der Waals surface area (Å²) in [7, 11) is 0. The molecule has 0 unspecified atom stereocenters. The van der Waals surface area contributed by atoms with Crippen molar-refractivity contribution in [3.63, 3.8) is 0 Å². The van der Waals surface area contributed by atoms with Crippen molar-refractivity contribution in [2.45, 2.75) is 13.0 Å². The molecule has 82 valence electrons. The number of ether oxygens (including phenoxy) is 1. The number of hydrogen-bond acceptors (Lipinski definition) is 5. The Kier molecular flexibility index (Phi) is 3.65. The normalized spacial score (nSPS) is 12.2. The first-order chi connectivity index (χ1) is 7.04. The molecule has 0 saturated carbocycles. The Morgan fingerprint density at radius 3 is 2.73 bits per heavy atom. The lowest BCUT2D eigenvalue weighted by atomic mass is 10.1. The van der Waals surface area contributed by atoms with E-state index in [0.29, 0.717) is 5.56 Å². The monoisotopic (exact) mass is 210 g/mol. The summed E-state index contributed by atoms with van der Waals surface area (Å²) in [6.45, 7) is 1.55. The Hall–Kier alpha value is -1.59. The number of esters is 1. The van der Waals surface area contributed by atoms with Gasteiger partial charge in [-0.3, -0.25) is 4.79 Å². The summed E-state index contributed by atoms with van der Waals surface area (Å²) < 4.78 is 4.75. The van der Waals surface area contributed by atoms with Crippen LogP contribution >= 0.6 is 0 Å². The molecule has 0 heterocycles. The van der Waals surface area contributed by atoms with Crippen molar-refractivity contribution in [3.8, 4) is 11.5 Å². The molecule has 0 amide bonds. The van der Waals surface area contributed by atoms with Gasteiger partial charge in [0.25, 0.3) is 0 Å². The summed E-state index contributed by atoms with van der Waals surface area (Å²) >= 11 is 0. The molecule has 0 aromatic heterocycles. The molecule has 5 N–H and O–H groups in total. The van der Waals surface area contributed by atoms with Crippen LogP contribution in [-0.2, 0) is 4.79 Å². The van der Waals surface area contributed by atoms with Crippen LogP contribution in [0.3, 0.4) is 0 Å². The van der Waals surface area contributed by atoms with E-state index in [1.165, 1.54) is 19.1 Å². The van der Waals surface area contributed by atoms with E-state index in [2.05, 4.69) is 0 Å². The number of rotatable bonds is 3. The van der Waals surface area contributed by atoms with Crippen molar-refractivity contribution in [1.29, 1.82) is 0 Å². The molecular formula is C10H14N2O3. The van der Waals surface area contributed by atoms with Gasteiger partial charge in [0.2, 0.25) is 0 Å². The number of phenols is 1.